The maximum atomic E-state index is 12.7. The molecular formula is C48H79NO7. The van der Waals surface area contributed by atoms with E-state index in [1.165, 1.54) is 12.8 Å². The van der Waals surface area contributed by atoms with Crippen molar-refractivity contribution in [2.75, 3.05) is 41.0 Å². The van der Waals surface area contributed by atoms with Crippen molar-refractivity contribution in [3.8, 4) is 0 Å². The highest BCUT2D eigenvalue weighted by Gasteiger charge is 2.25. The van der Waals surface area contributed by atoms with E-state index in [1.54, 1.807) is 21.1 Å². The van der Waals surface area contributed by atoms with E-state index >= 15 is 0 Å². The summed E-state index contributed by atoms with van der Waals surface area (Å²) in [6.07, 6.45) is 48.9. The number of carboxylic acid groups (broad SMARTS) is 1. The third-order valence-electron chi connectivity index (χ3n) is 9.03. The second kappa shape index (κ2) is 38.4. The Morgan fingerprint density at radius 1 is 0.536 bits per heavy atom. The summed E-state index contributed by atoms with van der Waals surface area (Å²) in [5.41, 5.74) is 0. The van der Waals surface area contributed by atoms with E-state index in [4.69, 9.17) is 14.2 Å². The molecule has 0 aromatic rings. The van der Waals surface area contributed by atoms with E-state index in [2.05, 4.69) is 98.9 Å². The van der Waals surface area contributed by atoms with Crippen LogP contribution in [0.4, 0.5) is 0 Å². The maximum absolute atomic E-state index is 12.7. The molecule has 0 aliphatic carbocycles. The maximum Gasteiger partial charge on any atom is 0.306 e. The fourth-order valence-electron chi connectivity index (χ4n) is 5.72. The molecule has 0 heterocycles. The van der Waals surface area contributed by atoms with Gasteiger partial charge in [0.25, 0.3) is 0 Å². The monoisotopic (exact) mass is 782 g/mol. The quantitative estimate of drug-likeness (QED) is 0.0268. The van der Waals surface area contributed by atoms with Crippen LogP contribution in [-0.4, -0.2) is 75.5 Å². The predicted octanol–water partition coefficient (Wildman–Crippen LogP) is 10.4. The molecule has 318 valence electrons. The van der Waals surface area contributed by atoms with Crippen molar-refractivity contribution in [3.05, 3.63) is 85.1 Å². The standard InChI is InChI=1S/C48H79NO7/c1-6-8-10-12-14-16-18-20-21-22-23-24-25-27-29-31-33-35-37-39-47(51)56-44(42-54-41-40-45(48(52)53)49(3,4)5)43-55-46(50)38-36-34-32-30-28-26-19-17-15-13-11-9-7-2/h8-11,14-17,20-21,23-24,26,28,44-45H,6-7,12-13,18-19,22,25,27,29-43H2,1-5H3/b10-8-,11-9-,16-14-,17-15-,21-20-,24-23-,28-26-. The topological polar surface area (TPSA) is 102 Å². The van der Waals surface area contributed by atoms with Crippen LogP contribution in [0.1, 0.15) is 149 Å². The van der Waals surface area contributed by atoms with Crippen LogP contribution in [0.5, 0.6) is 0 Å². The molecular weight excluding hydrogens is 703 g/mol. The second-order valence-corrected chi connectivity index (χ2v) is 15.2. The molecule has 0 fully saturated rings. The minimum absolute atomic E-state index is 0.0200. The van der Waals surface area contributed by atoms with Gasteiger partial charge in [0.2, 0.25) is 0 Å². The highest BCUT2D eigenvalue weighted by atomic mass is 16.6. The normalized spacial score (nSPS) is 13.8. The molecule has 2 unspecified atom stereocenters. The molecule has 0 bridgehead atoms. The van der Waals surface area contributed by atoms with Gasteiger partial charge in [0.15, 0.2) is 6.10 Å². The molecule has 0 amide bonds. The first-order valence-electron chi connectivity index (χ1n) is 21.6. The molecule has 0 N–H and O–H groups in total. The van der Waals surface area contributed by atoms with Gasteiger partial charge in [-0.3, -0.25) is 9.59 Å². The molecule has 0 saturated heterocycles. The molecule has 0 rings (SSSR count). The zero-order valence-corrected chi connectivity index (χ0v) is 36.0. The summed E-state index contributed by atoms with van der Waals surface area (Å²) in [4.78, 5) is 36.8. The Bertz CT molecular complexity index is 1190. The Kier molecular flexibility index (Phi) is 36.0. The molecule has 0 aliphatic heterocycles. The first-order valence-corrected chi connectivity index (χ1v) is 21.6. The number of esters is 2. The average Bonchev–Trinajstić information content (AvgIpc) is 3.15. The number of carboxylic acids is 1. The number of likely N-dealkylation sites (N-methyl/N-ethyl adjacent to an activating group) is 1. The SMILES string of the molecule is CC/C=C\C/C=C\C/C=C\C/C=C\CCCCCCCCC(=O)OC(COCCC(C(=O)[O-])[N+](C)(C)C)COC(=O)CCCCC/C=C\C/C=C\C/C=C\CC. The number of hydrogen-bond donors (Lipinski definition) is 0. The number of allylic oxidation sites excluding steroid dienone is 14. The van der Waals surface area contributed by atoms with E-state index in [-0.39, 0.29) is 42.7 Å². The van der Waals surface area contributed by atoms with Gasteiger partial charge in [-0.15, -0.1) is 0 Å². The highest BCUT2D eigenvalue weighted by molar-refractivity contribution is 5.70. The lowest BCUT2D eigenvalue weighted by Gasteiger charge is -2.34. The Hall–Kier alpha value is -3.49. The predicted molar refractivity (Wildman–Crippen MR) is 231 cm³/mol. The molecule has 56 heavy (non-hydrogen) atoms. The summed E-state index contributed by atoms with van der Waals surface area (Å²) in [7, 11) is 5.38. The van der Waals surface area contributed by atoms with Crippen molar-refractivity contribution >= 4 is 17.9 Å². The van der Waals surface area contributed by atoms with Crippen molar-refractivity contribution in [1.82, 2.24) is 0 Å². The summed E-state index contributed by atoms with van der Waals surface area (Å²) in [5.74, 6) is -1.80. The van der Waals surface area contributed by atoms with Crippen LogP contribution in [-0.2, 0) is 28.6 Å². The number of quaternary nitrogens is 1. The average molecular weight is 782 g/mol. The number of ether oxygens (including phenoxy) is 3. The van der Waals surface area contributed by atoms with Crippen molar-refractivity contribution in [3.63, 3.8) is 0 Å². The van der Waals surface area contributed by atoms with E-state index in [1.807, 2.05) is 0 Å². The fraction of sp³-hybridized carbons (Fsp3) is 0.646. The second-order valence-electron chi connectivity index (χ2n) is 15.2. The lowest BCUT2D eigenvalue weighted by molar-refractivity contribution is -0.889. The van der Waals surface area contributed by atoms with Gasteiger partial charge >= 0.3 is 11.9 Å². The first-order chi connectivity index (χ1) is 27.1. The van der Waals surface area contributed by atoms with Crippen LogP contribution in [0.15, 0.2) is 85.1 Å². The molecule has 8 heteroatoms. The van der Waals surface area contributed by atoms with Crippen molar-refractivity contribution in [1.29, 1.82) is 0 Å². The van der Waals surface area contributed by atoms with Crippen LogP contribution in [0.3, 0.4) is 0 Å². The number of unbranched alkanes of at least 4 members (excludes halogenated alkanes) is 9. The Labute approximate surface area is 342 Å². The number of rotatable bonds is 37. The van der Waals surface area contributed by atoms with Crippen LogP contribution >= 0.6 is 0 Å². The molecule has 0 radical (unpaired) electrons. The zero-order valence-electron chi connectivity index (χ0n) is 36.0. The molecule has 8 nitrogen and oxygen atoms in total. The van der Waals surface area contributed by atoms with Gasteiger partial charge in [0, 0.05) is 19.3 Å². The van der Waals surface area contributed by atoms with E-state index in [0.717, 1.165) is 103 Å². The Morgan fingerprint density at radius 3 is 1.41 bits per heavy atom. The number of carbonyl (C=O) groups excluding carboxylic acids is 3. The summed E-state index contributed by atoms with van der Waals surface area (Å²) >= 11 is 0. The molecule has 0 spiro atoms. The largest absolute Gasteiger partial charge is 0.544 e. The van der Waals surface area contributed by atoms with Gasteiger partial charge in [0.1, 0.15) is 12.6 Å². The van der Waals surface area contributed by atoms with E-state index < -0.39 is 18.1 Å². The summed E-state index contributed by atoms with van der Waals surface area (Å²) < 4.78 is 17.1. The summed E-state index contributed by atoms with van der Waals surface area (Å²) in [6.45, 7) is 4.36. The smallest absolute Gasteiger partial charge is 0.306 e. The number of carbonyl (C=O) groups is 3. The third kappa shape index (κ3) is 36.2. The first kappa shape index (κ1) is 52.5. The Balaban J connectivity index is 4.43. The zero-order chi connectivity index (χ0) is 41.4. The van der Waals surface area contributed by atoms with Crippen molar-refractivity contribution in [2.24, 2.45) is 0 Å². The van der Waals surface area contributed by atoms with Gasteiger partial charge in [-0.2, -0.15) is 0 Å². The lowest BCUT2D eigenvalue weighted by Crippen LogP contribution is -2.55. The van der Waals surface area contributed by atoms with E-state index in [0.29, 0.717) is 12.8 Å². The van der Waals surface area contributed by atoms with Gasteiger partial charge in [-0.05, 0) is 83.5 Å². The minimum Gasteiger partial charge on any atom is -0.544 e. The molecule has 0 aromatic carbocycles. The highest BCUT2D eigenvalue weighted by Crippen LogP contribution is 2.12. The van der Waals surface area contributed by atoms with Crippen LogP contribution in [0, 0.1) is 0 Å². The number of hydrogen-bond acceptors (Lipinski definition) is 7. The Morgan fingerprint density at radius 2 is 0.946 bits per heavy atom. The number of aliphatic carboxylic acids is 1. The van der Waals surface area contributed by atoms with Gasteiger partial charge in [-0.25, -0.2) is 0 Å². The molecule has 0 aromatic heterocycles. The molecule has 0 aliphatic rings. The summed E-state index contributed by atoms with van der Waals surface area (Å²) in [6, 6.07) is -0.737. The molecule has 2 atom stereocenters. The van der Waals surface area contributed by atoms with Crippen molar-refractivity contribution in [2.45, 2.75) is 161 Å². The van der Waals surface area contributed by atoms with Gasteiger partial charge in [0.05, 0.1) is 40.3 Å². The van der Waals surface area contributed by atoms with Gasteiger partial charge < -0.3 is 28.6 Å². The van der Waals surface area contributed by atoms with E-state index in [9.17, 15) is 19.5 Å². The van der Waals surface area contributed by atoms with Crippen molar-refractivity contribution < 1.29 is 38.2 Å². The minimum atomic E-state index is -1.14. The van der Waals surface area contributed by atoms with Crippen LogP contribution in [0.2, 0.25) is 0 Å². The van der Waals surface area contributed by atoms with Crippen LogP contribution < -0.4 is 5.11 Å². The number of nitrogens with zero attached hydrogens (tertiary/aromatic N) is 1. The lowest BCUT2D eigenvalue weighted by atomic mass is 10.1. The van der Waals surface area contributed by atoms with Gasteiger partial charge in [-0.1, -0.05) is 131 Å². The third-order valence-corrected chi connectivity index (χ3v) is 9.03. The van der Waals surface area contributed by atoms with Crippen LogP contribution in [0.25, 0.3) is 0 Å². The fourth-order valence-corrected chi connectivity index (χ4v) is 5.72. The summed E-state index contributed by atoms with van der Waals surface area (Å²) in [5, 5.41) is 11.6. The molecule has 0 saturated carbocycles.